The fraction of sp³-hybridized carbons (Fsp3) is 0.294. The predicted octanol–water partition coefficient (Wildman–Crippen LogP) is 1.29. The van der Waals surface area contributed by atoms with E-state index >= 15 is 0 Å². The Balaban J connectivity index is 1.79. The summed E-state index contributed by atoms with van der Waals surface area (Å²) in [5.74, 6) is 4.98. The average molecular weight is 391 g/mol. The number of hydrogen-bond acceptors (Lipinski definition) is 8. The van der Waals surface area contributed by atoms with E-state index in [0.717, 1.165) is 11.1 Å². The highest BCUT2D eigenvalue weighted by Gasteiger charge is 2.19. The molecule has 2 aromatic carbocycles. The number of rotatable bonds is 8. The lowest BCUT2D eigenvalue weighted by molar-refractivity contribution is 0.121. The van der Waals surface area contributed by atoms with Crippen LogP contribution in [0, 0.1) is 0 Å². The second-order valence-electron chi connectivity index (χ2n) is 6.08. The summed E-state index contributed by atoms with van der Waals surface area (Å²) in [6, 6.07) is 10.7. The summed E-state index contributed by atoms with van der Waals surface area (Å²) >= 11 is 0. The monoisotopic (exact) mass is 391 g/mol. The molecule has 0 spiro atoms. The fourth-order valence-electron chi connectivity index (χ4n) is 2.78. The Morgan fingerprint density at radius 3 is 2.63 bits per heavy atom. The Morgan fingerprint density at radius 2 is 1.89 bits per heavy atom. The van der Waals surface area contributed by atoms with E-state index in [2.05, 4.69) is 15.1 Å². The molecule has 1 heterocycles. The molecular weight excluding hydrogens is 370 g/mol. The summed E-state index contributed by atoms with van der Waals surface area (Å²) in [7, 11) is -0.105. The Morgan fingerprint density at radius 1 is 1.15 bits per heavy atom. The second kappa shape index (κ2) is 8.01. The molecule has 2 N–H and O–H groups in total. The van der Waals surface area contributed by atoms with Crippen molar-refractivity contribution in [2.45, 2.75) is 18.0 Å². The first-order valence-electron chi connectivity index (χ1n) is 8.21. The van der Waals surface area contributed by atoms with Gasteiger partial charge in [-0.25, -0.2) is 10.6 Å². The van der Waals surface area contributed by atoms with E-state index in [9.17, 15) is 8.42 Å². The van der Waals surface area contributed by atoms with Crippen LogP contribution in [0.15, 0.2) is 47.5 Å². The molecule has 0 atom stereocenters. The molecule has 0 bridgehead atoms. The van der Waals surface area contributed by atoms with Crippen molar-refractivity contribution in [2.24, 2.45) is 5.90 Å². The van der Waals surface area contributed by atoms with Gasteiger partial charge in [0.15, 0.2) is 0 Å². The van der Waals surface area contributed by atoms with Gasteiger partial charge in [0, 0.05) is 30.6 Å². The molecule has 3 aromatic rings. The van der Waals surface area contributed by atoms with Crippen LogP contribution in [0.3, 0.4) is 0 Å². The number of nitrogens with zero attached hydrogens (tertiary/aromatic N) is 4. The third-order valence-electron chi connectivity index (χ3n) is 3.99. The van der Waals surface area contributed by atoms with E-state index in [1.54, 1.807) is 24.4 Å². The number of anilines is 1. The highest BCUT2D eigenvalue weighted by atomic mass is 32.2. The van der Waals surface area contributed by atoms with Gasteiger partial charge in [0.2, 0.25) is 0 Å². The summed E-state index contributed by atoms with van der Waals surface area (Å²) in [4.78, 5) is 6.55. The lowest BCUT2D eigenvalue weighted by Crippen LogP contribution is -2.13. The summed E-state index contributed by atoms with van der Waals surface area (Å²) < 4.78 is 32.1. The molecule has 0 saturated carbocycles. The molecule has 27 heavy (non-hydrogen) atoms. The highest BCUT2D eigenvalue weighted by Crippen LogP contribution is 2.30. The molecule has 0 unspecified atom stereocenters. The minimum Gasteiger partial charge on any atom is -0.377 e. The van der Waals surface area contributed by atoms with E-state index in [0.29, 0.717) is 11.1 Å². The summed E-state index contributed by atoms with van der Waals surface area (Å²) in [5.41, 5.74) is 1.48. The molecule has 0 aliphatic rings. The Labute approximate surface area is 157 Å². The predicted molar refractivity (Wildman–Crippen MR) is 100 cm³/mol. The van der Waals surface area contributed by atoms with Gasteiger partial charge in [-0.05, 0) is 12.1 Å². The molecule has 0 saturated heterocycles. The van der Waals surface area contributed by atoms with Crippen molar-refractivity contribution in [3.63, 3.8) is 0 Å². The van der Waals surface area contributed by atoms with Crippen LogP contribution in [0.2, 0.25) is 0 Å². The lowest BCUT2D eigenvalue weighted by Gasteiger charge is -2.16. The minimum atomic E-state index is -3.93. The number of benzene rings is 2. The van der Waals surface area contributed by atoms with E-state index < -0.39 is 10.1 Å². The number of hydrogen-bond donors (Lipinski definition) is 1. The van der Waals surface area contributed by atoms with Crippen molar-refractivity contribution < 1.29 is 17.4 Å². The van der Waals surface area contributed by atoms with Crippen molar-refractivity contribution in [3.8, 4) is 0 Å². The van der Waals surface area contributed by atoms with Gasteiger partial charge < -0.3 is 4.90 Å². The molecule has 1 aromatic heterocycles. The molecule has 144 valence electrons. The zero-order valence-corrected chi connectivity index (χ0v) is 15.9. The van der Waals surface area contributed by atoms with Crippen LogP contribution in [-0.4, -0.2) is 44.1 Å². The molecule has 0 radical (unpaired) electrons. The molecule has 10 heteroatoms. The van der Waals surface area contributed by atoms with Gasteiger partial charge >= 0.3 is 0 Å². The molecule has 0 aliphatic carbocycles. The normalized spacial score (nSPS) is 11.8. The molecule has 0 aliphatic heterocycles. The van der Waals surface area contributed by atoms with Crippen molar-refractivity contribution >= 4 is 26.6 Å². The first kappa shape index (κ1) is 19.2. The van der Waals surface area contributed by atoms with Crippen molar-refractivity contribution in [1.29, 1.82) is 0 Å². The largest absolute Gasteiger partial charge is 0.377 e. The van der Waals surface area contributed by atoms with Gasteiger partial charge in [0.05, 0.1) is 19.3 Å². The summed E-state index contributed by atoms with van der Waals surface area (Å²) in [6.07, 6.45) is 1.62. The van der Waals surface area contributed by atoms with Gasteiger partial charge in [-0.3, -0.25) is 9.02 Å². The van der Waals surface area contributed by atoms with Crippen molar-refractivity contribution in [3.05, 3.63) is 48.3 Å². The highest BCUT2D eigenvalue weighted by molar-refractivity contribution is 7.87. The van der Waals surface area contributed by atoms with Gasteiger partial charge in [-0.15, -0.1) is 5.10 Å². The molecule has 0 amide bonds. The maximum atomic E-state index is 12.7. The Kier molecular flexibility index (Phi) is 5.71. The third-order valence-corrected chi connectivity index (χ3v) is 5.36. The Bertz CT molecular complexity index is 1030. The minimum absolute atomic E-state index is 0.0711. The topological polar surface area (TPSA) is 113 Å². The third kappa shape index (κ3) is 4.25. The quantitative estimate of drug-likeness (QED) is 0.451. The van der Waals surface area contributed by atoms with Crippen LogP contribution in [0.4, 0.5) is 5.69 Å². The maximum absolute atomic E-state index is 12.7. The average Bonchev–Trinajstić information content (AvgIpc) is 3.08. The molecule has 3 rings (SSSR count). The number of fused-ring (bicyclic) bond motifs is 1. The van der Waals surface area contributed by atoms with Crippen LogP contribution in [0.1, 0.15) is 5.69 Å². The van der Waals surface area contributed by atoms with Gasteiger partial charge in [-0.2, -0.15) is 8.42 Å². The van der Waals surface area contributed by atoms with E-state index in [1.165, 1.54) is 4.68 Å². The smallest absolute Gasteiger partial charge is 0.297 e. The number of nitrogens with two attached hydrogens (primary N) is 1. The van der Waals surface area contributed by atoms with Crippen molar-refractivity contribution in [2.75, 3.05) is 25.6 Å². The maximum Gasteiger partial charge on any atom is 0.297 e. The van der Waals surface area contributed by atoms with Gasteiger partial charge in [-0.1, -0.05) is 29.5 Å². The SMILES string of the molecule is CN(C)c1cccc2c(S(=O)(=O)OCCn3cc(CON)nn3)cccc12. The van der Waals surface area contributed by atoms with E-state index in [-0.39, 0.29) is 24.7 Å². The summed E-state index contributed by atoms with van der Waals surface area (Å²) in [6.45, 7) is 0.284. The van der Waals surface area contributed by atoms with Crippen LogP contribution in [0.5, 0.6) is 0 Å². The zero-order chi connectivity index (χ0) is 19.4. The molecule has 0 fully saturated rings. The zero-order valence-electron chi connectivity index (χ0n) is 15.1. The molecular formula is C17H21N5O4S. The molecule has 9 nitrogen and oxygen atoms in total. The second-order valence-corrected chi connectivity index (χ2v) is 7.67. The van der Waals surface area contributed by atoms with Crippen LogP contribution in [-0.2, 0) is 32.3 Å². The fourth-order valence-corrected chi connectivity index (χ4v) is 3.89. The lowest BCUT2D eigenvalue weighted by atomic mass is 10.1. The van der Waals surface area contributed by atoms with E-state index in [4.69, 9.17) is 10.1 Å². The summed E-state index contributed by atoms with van der Waals surface area (Å²) in [5, 5.41) is 9.16. The first-order chi connectivity index (χ1) is 12.9. The van der Waals surface area contributed by atoms with Crippen LogP contribution in [0.25, 0.3) is 10.8 Å². The van der Waals surface area contributed by atoms with Crippen LogP contribution >= 0.6 is 0 Å². The Hall–Kier alpha value is -2.53. The first-order valence-corrected chi connectivity index (χ1v) is 9.62. The van der Waals surface area contributed by atoms with Crippen LogP contribution < -0.4 is 10.8 Å². The number of aromatic nitrogens is 3. The van der Waals surface area contributed by atoms with Gasteiger partial charge in [0.25, 0.3) is 10.1 Å². The van der Waals surface area contributed by atoms with Gasteiger partial charge in [0.1, 0.15) is 17.2 Å². The standard InChI is InChI=1S/C17H21N5O4S/c1-21(2)16-7-3-6-15-14(16)5-4-8-17(15)27(23,24)26-10-9-22-11-13(12-25-18)19-20-22/h3-8,11H,9-10,12,18H2,1-2H3. The van der Waals surface area contributed by atoms with E-state index in [1.807, 2.05) is 37.2 Å². The van der Waals surface area contributed by atoms with Crippen molar-refractivity contribution in [1.82, 2.24) is 15.0 Å².